The van der Waals surface area contributed by atoms with Crippen molar-refractivity contribution in [3.63, 3.8) is 0 Å². The van der Waals surface area contributed by atoms with E-state index in [-0.39, 0.29) is 11.5 Å². The number of carbonyl (C=O) groups is 2. The number of primary amides is 1. The van der Waals surface area contributed by atoms with E-state index in [0.717, 1.165) is 0 Å². The molecule has 92 valence electrons. The highest BCUT2D eigenvalue weighted by Gasteiger charge is 2.27. The summed E-state index contributed by atoms with van der Waals surface area (Å²) in [5.74, 6) is 4.18. The topological polar surface area (TPSA) is 136 Å². The summed E-state index contributed by atoms with van der Waals surface area (Å²) in [5, 5.41) is 2.44. The molecule has 0 spiro atoms. The lowest BCUT2D eigenvalue weighted by Gasteiger charge is -2.21. The highest BCUT2D eigenvalue weighted by atomic mass is 16.2. The summed E-state index contributed by atoms with van der Waals surface area (Å²) in [6, 6.07) is 0. The number of aromatic nitrogens is 2. The molecule has 6 N–H and O–H groups in total. The molecule has 0 unspecified atom stereocenters. The third kappa shape index (κ3) is 3.11. The van der Waals surface area contributed by atoms with Crippen molar-refractivity contribution in [2.75, 3.05) is 5.43 Å². The van der Waals surface area contributed by atoms with Gasteiger partial charge in [-0.2, -0.15) is 0 Å². The Labute approximate surface area is 97.8 Å². The maximum Gasteiger partial charge on any atom is 0.272 e. The van der Waals surface area contributed by atoms with Crippen molar-refractivity contribution in [2.45, 2.75) is 19.4 Å². The number of nitrogens with zero attached hydrogens (tertiary/aromatic N) is 2. The Morgan fingerprint density at radius 3 is 2.53 bits per heavy atom. The van der Waals surface area contributed by atoms with Crippen LogP contribution in [0.15, 0.2) is 12.4 Å². The summed E-state index contributed by atoms with van der Waals surface area (Å²) in [5.41, 5.74) is 6.27. The number of nitrogens with one attached hydrogen (secondary N) is 2. The number of rotatable bonds is 4. The Bertz CT molecular complexity index is 445. The quantitative estimate of drug-likeness (QED) is 0.382. The van der Waals surface area contributed by atoms with E-state index in [1.54, 1.807) is 0 Å². The van der Waals surface area contributed by atoms with Gasteiger partial charge in [0.2, 0.25) is 5.91 Å². The van der Waals surface area contributed by atoms with E-state index in [2.05, 4.69) is 20.7 Å². The van der Waals surface area contributed by atoms with E-state index >= 15 is 0 Å². The molecular formula is C9H14N6O2. The normalized spacial score (nSPS) is 10.8. The molecule has 8 heteroatoms. The fraction of sp³-hybridized carbons (Fsp3) is 0.333. The summed E-state index contributed by atoms with van der Waals surface area (Å²) in [4.78, 5) is 30.4. The molecule has 8 nitrogen and oxygen atoms in total. The van der Waals surface area contributed by atoms with E-state index in [0.29, 0.717) is 0 Å². The number of nitrogen functional groups attached to an aromatic ring is 1. The summed E-state index contributed by atoms with van der Waals surface area (Å²) >= 11 is 0. The molecule has 0 bridgehead atoms. The molecule has 0 radical (unpaired) electrons. The largest absolute Gasteiger partial charge is 0.368 e. The summed E-state index contributed by atoms with van der Waals surface area (Å²) in [6.45, 7) is 2.98. The first-order valence-electron chi connectivity index (χ1n) is 4.78. The van der Waals surface area contributed by atoms with Crippen LogP contribution in [0.2, 0.25) is 0 Å². The predicted octanol–water partition coefficient (Wildman–Crippen LogP) is -1.24. The molecule has 1 heterocycles. The lowest BCUT2D eigenvalue weighted by molar-refractivity contribution is -0.122. The van der Waals surface area contributed by atoms with Gasteiger partial charge in [-0.25, -0.2) is 10.8 Å². The number of hydrazine groups is 1. The molecule has 1 aromatic rings. The van der Waals surface area contributed by atoms with Gasteiger partial charge in [0, 0.05) is 0 Å². The maximum atomic E-state index is 11.7. The van der Waals surface area contributed by atoms with Crippen LogP contribution in [0.1, 0.15) is 24.3 Å². The van der Waals surface area contributed by atoms with Crippen molar-refractivity contribution in [3.8, 4) is 0 Å². The molecule has 2 amide bonds. The zero-order valence-electron chi connectivity index (χ0n) is 9.52. The molecule has 0 aromatic carbocycles. The average molecular weight is 238 g/mol. The standard InChI is InChI=1S/C9H14N6O2/c1-9(2,8(10)17)14-7(16)5-3-12-4-6(13-5)15-11/h3-4H,11H2,1-2H3,(H2,10,17)(H,13,15)(H,14,16). The Hall–Kier alpha value is -2.22. The first-order chi connectivity index (χ1) is 7.86. The fourth-order valence-corrected chi connectivity index (χ4v) is 0.954. The zero-order valence-corrected chi connectivity index (χ0v) is 9.52. The smallest absolute Gasteiger partial charge is 0.272 e. The van der Waals surface area contributed by atoms with Crippen LogP contribution in [-0.4, -0.2) is 27.3 Å². The van der Waals surface area contributed by atoms with E-state index < -0.39 is 17.4 Å². The second-order valence-electron chi connectivity index (χ2n) is 3.88. The van der Waals surface area contributed by atoms with Crippen molar-refractivity contribution in [1.29, 1.82) is 0 Å². The van der Waals surface area contributed by atoms with Gasteiger partial charge in [0.05, 0.1) is 12.4 Å². The number of carbonyl (C=O) groups excluding carboxylic acids is 2. The van der Waals surface area contributed by atoms with Crippen molar-refractivity contribution in [1.82, 2.24) is 15.3 Å². The van der Waals surface area contributed by atoms with Crippen LogP contribution >= 0.6 is 0 Å². The van der Waals surface area contributed by atoms with Crippen molar-refractivity contribution < 1.29 is 9.59 Å². The van der Waals surface area contributed by atoms with Crippen LogP contribution in [0.5, 0.6) is 0 Å². The van der Waals surface area contributed by atoms with Crippen molar-refractivity contribution in [2.24, 2.45) is 11.6 Å². The zero-order chi connectivity index (χ0) is 13.1. The SMILES string of the molecule is CC(C)(NC(=O)c1cncc(NN)n1)C(N)=O. The molecule has 0 aliphatic carbocycles. The van der Waals surface area contributed by atoms with Gasteiger partial charge in [-0.1, -0.05) is 0 Å². The molecule has 0 aliphatic heterocycles. The van der Waals surface area contributed by atoms with Crippen LogP contribution in [0.3, 0.4) is 0 Å². The van der Waals surface area contributed by atoms with Gasteiger partial charge >= 0.3 is 0 Å². The van der Waals surface area contributed by atoms with Gasteiger partial charge in [0.15, 0.2) is 5.82 Å². The van der Waals surface area contributed by atoms with Crippen LogP contribution in [-0.2, 0) is 4.79 Å². The molecule has 1 rings (SSSR count). The van der Waals surface area contributed by atoms with Gasteiger partial charge in [0.25, 0.3) is 5.91 Å². The average Bonchev–Trinajstić information content (AvgIpc) is 2.28. The molecular weight excluding hydrogens is 224 g/mol. The van der Waals surface area contributed by atoms with Crippen LogP contribution < -0.4 is 22.3 Å². The lowest BCUT2D eigenvalue weighted by Crippen LogP contribution is -2.53. The molecule has 0 saturated carbocycles. The van der Waals surface area contributed by atoms with Gasteiger partial charge in [-0.15, -0.1) is 0 Å². The predicted molar refractivity (Wildman–Crippen MR) is 60.6 cm³/mol. The van der Waals surface area contributed by atoms with Gasteiger partial charge in [0.1, 0.15) is 11.2 Å². The number of nitrogens with two attached hydrogens (primary N) is 2. The number of anilines is 1. The summed E-state index contributed by atoms with van der Waals surface area (Å²) in [6.07, 6.45) is 2.61. The Morgan fingerprint density at radius 2 is 2.00 bits per heavy atom. The third-order valence-corrected chi connectivity index (χ3v) is 2.06. The Morgan fingerprint density at radius 1 is 1.35 bits per heavy atom. The van der Waals surface area contributed by atoms with Crippen molar-refractivity contribution >= 4 is 17.6 Å². The molecule has 0 atom stereocenters. The highest BCUT2D eigenvalue weighted by Crippen LogP contribution is 2.04. The number of hydrogen-bond acceptors (Lipinski definition) is 6. The van der Waals surface area contributed by atoms with Crippen LogP contribution in [0.4, 0.5) is 5.82 Å². The third-order valence-electron chi connectivity index (χ3n) is 2.06. The minimum absolute atomic E-state index is 0.0368. The first kappa shape index (κ1) is 12.8. The van der Waals surface area contributed by atoms with Gasteiger partial charge < -0.3 is 16.5 Å². The van der Waals surface area contributed by atoms with E-state index in [4.69, 9.17) is 11.6 Å². The van der Waals surface area contributed by atoms with Crippen LogP contribution in [0, 0.1) is 0 Å². The maximum absolute atomic E-state index is 11.7. The minimum Gasteiger partial charge on any atom is -0.368 e. The monoisotopic (exact) mass is 238 g/mol. The molecule has 0 fully saturated rings. The fourth-order valence-electron chi connectivity index (χ4n) is 0.954. The second kappa shape index (κ2) is 4.74. The molecule has 1 aromatic heterocycles. The second-order valence-corrected chi connectivity index (χ2v) is 3.88. The van der Waals surface area contributed by atoms with Gasteiger partial charge in [-0.05, 0) is 13.8 Å². The van der Waals surface area contributed by atoms with E-state index in [1.807, 2.05) is 0 Å². The molecule has 0 saturated heterocycles. The molecule has 17 heavy (non-hydrogen) atoms. The first-order valence-corrected chi connectivity index (χ1v) is 4.78. The van der Waals surface area contributed by atoms with E-state index in [1.165, 1.54) is 26.2 Å². The van der Waals surface area contributed by atoms with Gasteiger partial charge in [-0.3, -0.25) is 14.6 Å². The van der Waals surface area contributed by atoms with Crippen LogP contribution in [0.25, 0.3) is 0 Å². The lowest BCUT2D eigenvalue weighted by atomic mass is 10.1. The van der Waals surface area contributed by atoms with Crippen molar-refractivity contribution in [3.05, 3.63) is 18.1 Å². The molecule has 0 aliphatic rings. The Balaban J connectivity index is 2.86. The summed E-state index contributed by atoms with van der Waals surface area (Å²) < 4.78 is 0. The van der Waals surface area contributed by atoms with E-state index in [9.17, 15) is 9.59 Å². The number of amides is 2. The highest BCUT2D eigenvalue weighted by molar-refractivity contribution is 5.97. The Kier molecular flexibility index (Phi) is 3.59. The summed E-state index contributed by atoms with van der Waals surface area (Å²) in [7, 11) is 0. The minimum atomic E-state index is -1.16. The number of hydrogen-bond donors (Lipinski definition) is 4.